The van der Waals surface area contributed by atoms with E-state index in [0.717, 1.165) is 26.0 Å². The van der Waals surface area contributed by atoms with Gasteiger partial charge in [0, 0.05) is 19.2 Å². The molecule has 1 aliphatic rings. The zero-order chi connectivity index (χ0) is 13.8. The van der Waals surface area contributed by atoms with Crippen LogP contribution in [0.25, 0.3) is 0 Å². The molecule has 0 aromatic carbocycles. The van der Waals surface area contributed by atoms with E-state index in [0.29, 0.717) is 33.8 Å². The van der Waals surface area contributed by atoms with Crippen LogP contribution in [0.3, 0.4) is 0 Å². The Bertz CT molecular complexity index is 436. The third-order valence-electron chi connectivity index (χ3n) is 3.11. The van der Waals surface area contributed by atoms with Gasteiger partial charge in [0.15, 0.2) is 0 Å². The summed E-state index contributed by atoms with van der Waals surface area (Å²) in [6.07, 6.45) is 2.34. The molecule has 2 N–H and O–H groups in total. The van der Waals surface area contributed by atoms with Gasteiger partial charge in [0.05, 0.1) is 16.1 Å². The molecule has 106 valence electrons. The molecule has 4 nitrogen and oxygen atoms in total. The molecule has 1 aliphatic carbocycles. The first-order chi connectivity index (χ1) is 9.13. The maximum absolute atomic E-state index is 6.16. The quantitative estimate of drug-likeness (QED) is 0.839. The molecule has 0 atom stereocenters. The molecular formula is C13H19Cl2N3O. The van der Waals surface area contributed by atoms with Crippen molar-refractivity contribution in [2.45, 2.75) is 38.8 Å². The van der Waals surface area contributed by atoms with Crippen LogP contribution in [0, 0.1) is 0 Å². The lowest BCUT2D eigenvalue weighted by Crippen LogP contribution is -2.41. The normalized spacial score (nSPS) is 21.9. The number of rotatable bonds is 6. The average molecular weight is 304 g/mol. The fourth-order valence-corrected chi connectivity index (χ4v) is 2.59. The van der Waals surface area contributed by atoms with Crippen molar-refractivity contribution < 1.29 is 4.74 Å². The Balaban J connectivity index is 1.98. The van der Waals surface area contributed by atoms with E-state index in [-0.39, 0.29) is 0 Å². The number of ether oxygens (including phenoxy) is 1. The number of hydrogen-bond acceptors (Lipinski definition) is 4. The van der Waals surface area contributed by atoms with E-state index in [2.05, 4.69) is 15.6 Å². The lowest BCUT2D eigenvalue weighted by atomic mass is 9.89. The van der Waals surface area contributed by atoms with Crippen LogP contribution >= 0.6 is 23.2 Å². The Morgan fingerprint density at radius 3 is 2.58 bits per heavy atom. The lowest BCUT2D eigenvalue weighted by molar-refractivity contribution is 0.00293. The van der Waals surface area contributed by atoms with Crippen molar-refractivity contribution in [1.82, 2.24) is 4.98 Å². The maximum atomic E-state index is 6.16. The summed E-state index contributed by atoms with van der Waals surface area (Å²) < 4.78 is 5.53. The van der Waals surface area contributed by atoms with Crippen molar-refractivity contribution in [1.29, 1.82) is 0 Å². The van der Waals surface area contributed by atoms with Gasteiger partial charge in [-0.25, -0.2) is 4.98 Å². The van der Waals surface area contributed by atoms with Gasteiger partial charge in [0.2, 0.25) is 0 Å². The average Bonchev–Trinajstić information content (AvgIpc) is 2.32. The van der Waals surface area contributed by atoms with Gasteiger partial charge >= 0.3 is 0 Å². The number of nitrogens with zero attached hydrogens (tertiary/aromatic N) is 1. The summed E-state index contributed by atoms with van der Waals surface area (Å²) in [7, 11) is 0. The van der Waals surface area contributed by atoms with Crippen LogP contribution in [0.2, 0.25) is 10.0 Å². The molecule has 0 spiro atoms. The minimum absolute atomic E-state index is 0.363. The Kier molecular flexibility index (Phi) is 5.13. The summed E-state index contributed by atoms with van der Waals surface area (Å²) in [5.74, 6) is 1.35. The highest BCUT2D eigenvalue weighted by Gasteiger charge is 2.30. The number of anilines is 2. The van der Waals surface area contributed by atoms with Crippen molar-refractivity contribution in [2.24, 2.45) is 0 Å². The Morgan fingerprint density at radius 1 is 1.26 bits per heavy atom. The van der Waals surface area contributed by atoms with Crippen molar-refractivity contribution in [2.75, 3.05) is 23.8 Å². The molecule has 0 amide bonds. The van der Waals surface area contributed by atoms with Crippen LogP contribution in [-0.2, 0) is 4.74 Å². The van der Waals surface area contributed by atoms with E-state index in [4.69, 9.17) is 27.9 Å². The Morgan fingerprint density at radius 2 is 1.95 bits per heavy atom. The second-order valence-electron chi connectivity index (χ2n) is 4.57. The molecule has 1 aromatic rings. The summed E-state index contributed by atoms with van der Waals surface area (Å²) in [4.78, 5) is 4.43. The minimum atomic E-state index is 0.363. The summed E-state index contributed by atoms with van der Waals surface area (Å²) >= 11 is 12.2. The van der Waals surface area contributed by atoms with E-state index in [1.165, 1.54) is 0 Å². The first-order valence-electron chi connectivity index (χ1n) is 6.62. The molecular weight excluding hydrogens is 285 g/mol. The van der Waals surface area contributed by atoms with Crippen molar-refractivity contribution >= 4 is 34.8 Å². The lowest BCUT2D eigenvalue weighted by Gasteiger charge is -2.35. The van der Waals surface area contributed by atoms with E-state index in [1.54, 1.807) is 6.07 Å². The van der Waals surface area contributed by atoms with Crippen molar-refractivity contribution in [3.05, 3.63) is 16.1 Å². The van der Waals surface area contributed by atoms with Gasteiger partial charge in [-0.15, -0.1) is 0 Å². The van der Waals surface area contributed by atoms with Crippen LogP contribution in [0.5, 0.6) is 0 Å². The second-order valence-corrected chi connectivity index (χ2v) is 5.38. The highest BCUT2D eigenvalue weighted by atomic mass is 35.5. The van der Waals surface area contributed by atoms with Gasteiger partial charge in [0.1, 0.15) is 11.6 Å². The first-order valence-corrected chi connectivity index (χ1v) is 7.37. The smallest absolute Gasteiger partial charge is 0.147 e. The summed E-state index contributed by atoms with van der Waals surface area (Å²) in [5.41, 5.74) is 0. The molecule has 6 heteroatoms. The number of hydrogen-bond donors (Lipinski definition) is 2. The molecule has 0 bridgehead atoms. The zero-order valence-electron chi connectivity index (χ0n) is 11.2. The summed E-state index contributed by atoms with van der Waals surface area (Å²) in [6.45, 7) is 5.55. The largest absolute Gasteiger partial charge is 0.378 e. The Hall–Kier alpha value is -0.710. The molecule has 0 unspecified atom stereocenters. The SMILES string of the molecule is CCNc1nc(NC2CC(OCC)C2)c(Cl)cc1Cl. The highest BCUT2D eigenvalue weighted by Crippen LogP contribution is 2.32. The van der Waals surface area contributed by atoms with E-state index in [1.807, 2.05) is 13.8 Å². The second kappa shape index (κ2) is 6.64. The molecule has 0 saturated heterocycles. The minimum Gasteiger partial charge on any atom is -0.378 e. The topological polar surface area (TPSA) is 46.2 Å². The summed E-state index contributed by atoms with van der Waals surface area (Å²) in [6, 6.07) is 2.09. The number of pyridine rings is 1. The number of halogens is 2. The van der Waals surface area contributed by atoms with E-state index >= 15 is 0 Å². The van der Waals surface area contributed by atoms with Gasteiger partial charge in [-0.1, -0.05) is 23.2 Å². The van der Waals surface area contributed by atoms with E-state index < -0.39 is 0 Å². The van der Waals surface area contributed by atoms with Crippen molar-refractivity contribution in [3.8, 4) is 0 Å². The molecule has 1 heterocycles. The van der Waals surface area contributed by atoms with E-state index in [9.17, 15) is 0 Å². The van der Waals surface area contributed by atoms with Gasteiger partial charge < -0.3 is 15.4 Å². The van der Waals surface area contributed by atoms with Crippen LogP contribution in [0.1, 0.15) is 26.7 Å². The molecule has 0 radical (unpaired) electrons. The monoisotopic (exact) mass is 303 g/mol. The predicted molar refractivity (Wildman–Crippen MR) is 80.5 cm³/mol. The van der Waals surface area contributed by atoms with Gasteiger partial charge in [-0.3, -0.25) is 0 Å². The van der Waals surface area contributed by atoms with Gasteiger partial charge in [-0.2, -0.15) is 0 Å². The fraction of sp³-hybridized carbons (Fsp3) is 0.615. The number of aromatic nitrogens is 1. The first kappa shape index (κ1) is 14.7. The molecule has 2 rings (SSSR count). The van der Waals surface area contributed by atoms with Gasteiger partial charge in [-0.05, 0) is 32.8 Å². The zero-order valence-corrected chi connectivity index (χ0v) is 12.7. The highest BCUT2D eigenvalue weighted by molar-refractivity contribution is 6.37. The standard InChI is InChI=1S/C13H19Cl2N3O/c1-3-16-12-10(14)7-11(15)13(18-12)17-8-5-9(6-8)19-4-2/h7-9H,3-6H2,1-2H3,(H2,16,17,18). The van der Waals surface area contributed by atoms with Crippen LogP contribution < -0.4 is 10.6 Å². The third kappa shape index (κ3) is 3.65. The van der Waals surface area contributed by atoms with Crippen molar-refractivity contribution in [3.63, 3.8) is 0 Å². The van der Waals surface area contributed by atoms with Crippen LogP contribution in [0.15, 0.2) is 6.07 Å². The molecule has 1 saturated carbocycles. The van der Waals surface area contributed by atoms with Crippen LogP contribution in [-0.4, -0.2) is 30.3 Å². The van der Waals surface area contributed by atoms with Crippen LogP contribution in [0.4, 0.5) is 11.6 Å². The third-order valence-corrected chi connectivity index (χ3v) is 3.69. The predicted octanol–water partition coefficient (Wildman–Crippen LogP) is 3.80. The molecule has 1 aromatic heterocycles. The molecule has 19 heavy (non-hydrogen) atoms. The summed E-state index contributed by atoms with van der Waals surface area (Å²) in [5, 5.41) is 7.54. The Labute approximate surface area is 123 Å². The molecule has 1 fully saturated rings. The molecule has 0 aliphatic heterocycles. The fourth-order valence-electron chi connectivity index (χ4n) is 2.11. The number of nitrogens with one attached hydrogen (secondary N) is 2. The maximum Gasteiger partial charge on any atom is 0.147 e. The van der Waals surface area contributed by atoms with Gasteiger partial charge in [0.25, 0.3) is 0 Å².